The van der Waals surface area contributed by atoms with Gasteiger partial charge in [-0.3, -0.25) is 0 Å². The predicted octanol–water partition coefficient (Wildman–Crippen LogP) is 2.65. The van der Waals surface area contributed by atoms with Crippen LogP contribution >= 0.6 is 0 Å². The standard InChI is InChI=1S/C14H19NO/c1-16-13-5-4-11-9-14(6-2-3-7-14)15-10-12(11)8-13/h4-5,8,15H,2-3,6-7,9-10H2,1H3. The van der Waals surface area contributed by atoms with Gasteiger partial charge in [0.2, 0.25) is 0 Å². The molecule has 2 heteroatoms. The van der Waals surface area contributed by atoms with Gasteiger partial charge in [-0.15, -0.1) is 0 Å². The zero-order valence-corrected chi connectivity index (χ0v) is 9.88. The summed E-state index contributed by atoms with van der Waals surface area (Å²) in [6, 6.07) is 6.51. The van der Waals surface area contributed by atoms with Crippen molar-refractivity contribution in [2.45, 2.75) is 44.2 Å². The largest absolute Gasteiger partial charge is 0.497 e. The van der Waals surface area contributed by atoms with Crippen LogP contribution in [0, 0.1) is 0 Å². The molecule has 1 heterocycles. The van der Waals surface area contributed by atoms with Crippen molar-refractivity contribution in [3.8, 4) is 5.75 Å². The number of hydrogen-bond donors (Lipinski definition) is 1. The molecular formula is C14H19NO. The number of ether oxygens (including phenoxy) is 1. The van der Waals surface area contributed by atoms with Crippen molar-refractivity contribution in [1.82, 2.24) is 5.32 Å². The second-order valence-corrected chi connectivity index (χ2v) is 5.15. The van der Waals surface area contributed by atoms with Gasteiger partial charge in [-0.25, -0.2) is 0 Å². The molecule has 86 valence electrons. The van der Waals surface area contributed by atoms with Crippen molar-refractivity contribution in [1.29, 1.82) is 0 Å². The van der Waals surface area contributed by atoms with E-state index in [0.717, 1.165) is 12.3 Å². The fraction of sp³-hybridized carbons (Fsp3) is 0.571. The van der Waals surface area contributed by atoms with Gasteiger partial charge in [-0.1, -0.05) is 18.9 Å². The number of methoxy groups -OCH3 is 1. The molecule has 1 spiro atoms. The highest BCUT2D eigenvalue weighted by Crippen LogP contribution is 2.37. The summed E-state index contributed by atoms with van der Waals surface area (Å²) in [5, 5.41) is 3.75. The average Bonchev–Trinajstić information content (AvgIpc) is 2.77. The summed E-state index contributed by atoms with van der Waals surface area (Å²) in [7, 11) is 1.73. The van der Waals surface area contributed by atoms with E-state index in [1.165, 1.54) is 43.2 Å². The minimum atomic E-state index is 0.418. The third-order valence-electron chi connectivity index (χ3n) is 4.16. The molecule has 0 bridgehead atoms. The third kappa shape index (κ3) is 1.61. The molecular weight excluding hydrogens is 198 g/mol. The smallest absolute Gasteiger partial charge is 0.119 e. The van der Waals surface area contributed by atoms with Crippen molar-refractivity contribution in [2.24, 2.45) is 0 Å². The summed E-state index contributed by atoms with van der Waals surface area (Å²) in [5.41, 5.74) is 3.35. The molecule has 0 saturated heterocycles. The summed E-state index contributed by atoms with van der Waals surface area (Å²) in [6.07, 6.45) is 6.67. The van der Waals surface area contributed by atoms with Gasteiger partial charge in [0.15, 0.2) is 0 Å². The minimum absolute atomic E-state index is 0.418. The number of rotatable bonds is 1. The first-order valence-electron chi connectivity index (χ1n) is 6.22. The monoisotopic (exact) mass is 217 g/mol. The molecule has 0 aromatic heterocycles. The van der Waals surface area contributed by atoms with Crippen molar-refractivity contribution < 1.29 is 4.74 Å². The maximum atomic E-state index is 5.27. The Kier molecular flexibility index (Phi) is 2.40. The molecule has 0 unspecified atom stereocenters. The lowest BCUT2D eigenvalue weighted by Crippen LogP contribution is -2.47. The lowest BCUT2D eigenvalue weighted by molar-refractivity contribution is 0.307. The highest BCUT2D eigenvalue weighted by molar-refractivity contribution is 5.38. The Morgan fingerprint density at radius 3 is 2.75 bits per heavy atom. The quantitative estimate of drug-likeness (QED) is 0.781. The van der Waals surface area contributed by atoms with E-state index in [-0.39, 0.29) is 0 Å². The van der Waals surface area contributed by atoms with E-state index in [1.807, 2.05) is 0 Å². The Balaban J connectivity index is 1.89. The van der Waals surface area contributed by atoms with Gasteiger partial charge in [0.05, 0.1) is 7.11 Å². The maximum Gasteiger partial charge on any atom is 0.119 e. The Bertz CT molecular complexity index is 394. The van der Waals surface area contributed by atoms with E-state index in [2.05, 4.69) is 23.5 Å². The molecule has 1 fully saturated rings. The molecule has 3 rings (SSSR count). The molecule has 1 saturated carbocycles. The van der Waals surface area contributed by atoms with Gasteiger partial charge < -0.3 is 10.1 Å². The van der Waals surface area contributed by atoms with Gasteiger partial charge in [0, 0.05) is 12.1 Å². The normalized spacial score (nSPS) is 22.1. The molecule has 1 aromatic rings. The first kappa shape index (κ1) is 10.2. The van der Waals surface area contributed by atoms with Crippen LogP contribution in [0.5, 0.6) is 5.75 Å². The van der Waals surface area contributed by atoms with E-state index in [9.17, 15) is 0 Å². The van der Waals surface area contributed by atoms with Crippen molar-refractivity contribution >= 4 is 0 Å². The molecule has 0 atom stereocenters. The zero-order chi connectivity index (χ0) is 11.0. The van der Waals surface area contributed by atoms with Gasteiger partial charge in [0.25, 0.3) is 0 Å². The lowest BCUT2D eigenvalue weighted by Gasteiger charge is -2.36. The molecule has 2 aliphatic rings. The number of nitrogens with one attached hydrogen (secondary N) is 1. The first-order valence-corrected chi connectivity index (χ1v) is 6.22. The van der Waals surface area contributed by atoms with Crippen molar-refractivity contribution in [2.75, 3.05) is 7.11 Å². The van der Waals surface area contributed by atoms with Crippen LogP contribution in [0.25, 0.3) is 0 Å². The Morgan fingerprint density at radius 2 is 2.00 bits per heavy atom. The van der Waals surface area contributed by atoms with Crippen LogP contribution in [0.3, 0.4) is 0 Å². The van der Waals surface area contributed by atoms with Crippen LogP contribution in [0.2, 0.25) is 0 Å². The topological polar surface area (TPSA) is 21.3 Å². The summed E-state index contributed by atoms with van der Waals surface area (Å²) in [4.78, 5) is 0. The van der Waals surface area contributed by atoms with Crippen LogP contribution < -0.4 is 10.1 Å². The second kappa shape index (κ2) is 3.77. The van der Waals surface area contributed by atoms with Crippen molar-refractivity contribution in [3.05, 3.63) is 29.3 Å². The number of benzene rings is 1. The third-order valence-corrected chi connectivity index (χ3v) is 4.16. The van der Waals surface area contributed by atoms with E-state index < -0.39 is 0 Å². The predicted molar refractivity (Wildman–Crippen MR) is 64.7 cm³/mol. The minimum Gasteiger partial charge on any atom is -0.497 e. The highest BCUT2D eigenvalue weighted by Gasteiger charge is 2.36. The summed E-state index contributed by atoms with van der Waals surface area (Å²) in [5.74, 6) is 0.975. The maximum absolute atomic E-state index is 5.27. The van der Waals surface area contributed by atoms with Crippen molar-refractivity contribution in [3.63, 3.8) is 0 Å². The molecule has 0 radical (unpaired) electrons. The molecule has 2 nitrogen and oxygen atoms in total. The average molecular weight is 217 g/mol. The summed E-state index contributed by atoms with van der Waals surface area (Å²) < 4.78 is 5.27. The van der Waals surface area contributed by atoms with Gasteiger partial charge in [-0.05, 0) is 42.5 Å². The zero-order valence-electron chi connectivity index (χ0n) is 9.88. The Morgan fingerprint density at radius 1 is 1.19 bits per heavy atom. The molecule has 1 N–H and O–H groups in total. The van der Waals surface area contributed by atoms with E-state index in [0.29, 0.717) is 5.54 Å². The Labute approximate surface area is 97.0 Å². The van der Waals surface area contributed by atoms with E-state index in [1.54, 1.807) is 7.11 Å². The fourth-order valence-electron chi connectivity index (χ4n) is 3.18. The van der Waals surface area contributed by atoms with Crippen LogP contribution in [0.15, 0.2) is 18.2 Å². The molecule has 0 amide bonds. The van der Waals surface area contributed by atoms with Gasteiger partial charge >= 0.3 is 0 Å². The molecule has 1 aliphatic carbocycles. The molecule has 1 aliphatic heterocycles. The van der Waals surface area contributed by atoms with Crippen LogP contribution in [-0.2, 0) is 13.0 Å². The highest BCUT2D eigenvalue weighted by atomic mass is 16.5. The van der Waals surface area contributed by atoms with Gasteiger partial charge in [-0.2, -0.15) is 0 Å². The van der Waals surface area contributed by atoms with Gasteiger partial charge in [0.1, 0.15) is 5.75 Å². The number of fused-ring (bicyclic) bond motifs is 1. The summed E-state index contributed by atoms with van der Waals surface area (Å²) in [6.45, 7) is 1.01. The van der Waals surface area contributed by atoms with E-state index in [4.69, 9.17) is 4.74 Å². The summed E-state index contributed by atoms with van der Waals surface area (Å²) >= 11 is 0. The Hall–Kier alpha value is -1.02. The lowest BCUT2D eigenvalue weighted by atomic mass is 9.83. The SMILES string of the molecule is COc1ccc2c(c1)CNC1(CCCC1)C2. The molecule has 1 aromatic carbocycles. The van der Waals surface area contributed by atoms with E-state index >= 15 is 0 Å². The number of hydrogen-bond acceptors (Lipinski definition) is 2. The van der Waals surface area contributed by atoms with Crippen LogP contribution in [0.4, 0.5) is 0 Å². The first-order chi connectivity index (χ1) is 7.81. The van der Waals surface area contributed by atoms with Crippen LogP contribution in [0.1, 0.15) is 36.8 Å². The van der Waals surface area contributed by atoms with Crippen LogP contribution in [-0.4, -0.2) is 12.6 Å². The molecule has 16 heavy (non-hydrogen) atoms. The fourth-order valence-corrected chi connectivity index (χ4v) is 3.18. The second-order valence-electron chi connectivity index (χ2n) is 5.15.